The Labute approximate surface area is 163 Å². The summed E-state index contributed by atoms with van der Waals surface area (Å²) in [6, 6.07) is 0.993. The Morgan fingerprint density at radius 3 is 2.28 bits per heavy atom. The van der Waals surface area contributed by atoms with E-state index >= 15 is 0 Å². The van der Waals surface area contributed by atoms with E-state index in [1.54, 1.807) is 34.9 Å². The molecule has 3 rings (SSSR count). The molecule has 2 saturated carbocycles. The number of unbranched alkanes of at least 4 members (excludes halogenated alkanes) is 1. The van der Waals surface area contributed by atoms with Gasteiger partial charge in [-0.2, -0.15) is 0 Å². The van der Waals surface area contributed by atoms with Gasteiger partial charge in [0.2, 0.25) is 5.91 Å². The largest absolute Gasteiger partial charge is 0.336 e. The summed E-state index contributed by atoms with van der Waals surface area (Å²) in [6.07, 6.45) is 9.71. The van der Waals surface area contributed by atoms with Crippen molar-refractivity contribution in [3.63, 3.8) is 0 Å². The standard InChI is InChI=1S/C18H29N3OS3/c1-3-4-11-23-17-19-20-18(25-17)24-12-16(22)21(15-9-10-15)14-7-5-13(2)6-8-14/h13-15H,3-12H2,1-2H3. The molecule has 0 aromatic carbocycles. The van der Waals surface area contributed by atoms with Crippen LogP contribution in [0.1, 0.15) is 65.2 Å². The van der Waals surface area contributed by atoms with Crippen molar-refractivity contribution >= 4 is 40.8 Å². The first kappa shape index (κ1) is 19.5. The lowest BCUT2D eigenvalue weighted by molar-refractivity contribution is -0.132. The molecule has 0 N–H and O–H groups in total. The number of nitrogens with zero attached hydrogens (tertiary/aromatic N) is 3. The van der Waals surface area contributed by atoms with E-state index in [0.29, 0.717) is 23.7 Å². The molecule has 1 aromatic rings. The van der Waals surface area contributed by atoms with Crippen molar-refractivity contribution in [2.24, 2.45) is 5.92 Å². The topological polar surface area (TPSA) is 46.1 Å². The van der Waals surface area contributed by atoms with Crippen LogP contribution in [0.2, 0.25) is 0 Å². The lowest BCUT2D eigenvalue weighted by Crippen LogP contribution is -2.44. The minimum atomic E-state index is 0.308. The van der Waals surface area contributed by atoms with Crippen LogP contribution in [0, 0.1) is 5.92 Å². The van der Waals surface area contributed by atoms with Gasteiger partial charge in [0.25, 0.3) is 0 Å². The van der Waals surface area contributed by atoms with Crippen LogP contribution in [-0.2, 0) is 4.79 Å². The fraction of sp³-hybridized carbons (Fsp3) is 0.833. The quantitative estimate of drug-likeness (QED) is 0.427. The van der Waals surface area contributed by atoms with Crippen LogP contribution in [0.25, 0.3) is 0 Å². The molecular formula is C18H29N3OS3. The third-order valence-electron chi connectivity index (χ3n) is 5.04. The fourth-order valence-electron chi connectivity index (χ4n) is 3.39. The summed E-state index contributed by atoms with van der Waals surface area (Å²) in [5, 5.41) is 8.49. The van der Waals surface area contributed by atoms with Crippen molar-refractivity contribution in [3.05, 3.63) is 0 Å². The van der Waals surface area contributed by atoms with Gasteiger partial charge in [-0.3, -0.25) is 4.79 Å². The number of hydrogen-bond acceptors (Lipinski definition) is 6. The van der Waals surface area contributed by atoms with Crippen LogP contribution in [0.4, 0.5) is 0 Å². The molecule has 0 saturated heterocycles. The summed E-state index contributed by atoms with van der Waals surface area (Å²) in [5.74, 6) is 2.75. The van der Waals surface area contributed by atoms with Gasteiger partial charge in [0, 0.05) is 17.8 Å². The Hall–Kier alpha value is -0.270. The van der Waals surface area contributed by atoms with Crippen LogP contribution in [0.3, 0.4) is 0 Å². The zero-order valence-electron chi connectivity index (χ0n) is 15.3. The van der Waals surface area contributed by atoms with Crippen molar-refractivity contribution in [2.75, 3.05) is 11.5 Å². The molecule has 0 unspecified atom stereocenters. The summed E-state index contributed by atoms with van der Waals surface area (Å²) in [5.41, 5.74) is 0. The van der Waals surface area contributed by atoms with E-state index in [1.807, 2.05) is 0 Å². The first-order valence-electron chi connectivity index (χ1n) is 9.57. The maximum Gasteiger partial charge on any atom is 0.233 e. The average Bonchev–Trinajstić information content (AvgIpc) is 3.34. The third kappa shape index (κ3) is 5.86. The lowest BCUT2D eigenvalue weighted by Gasteiger charge is -2.36. The third-order valence-corrected chi connectivity index (χ3v) is 8.30. The first-order chi connectivity index (χ1) is 12.2. The number of carbonyl (C=O) groups excluding carboxylic acids is 1. The monoisotopic (exact) mass is 399 g/mol. The van der Waals surface area contributed by atoms with Crippen molar-refractivity contribution < 1.29 is 4.79 Å². The van der Waals surface area contributed by atoms with Crippen LogP contribution in [-0.4, -0.2) is 44.6 Å². The predicted molar refractivity (Wildman–Crippen MR) is 108 cm³/mol. The normalized spacial score (nSPS) is 23.6. The molecular weight excluding hydrogens is 370 g/mol. The highest BCUT2D eigenvalue weighted by Crippen LogP contribution is 2.36. The minimum Gasteiger partial charge on any atom is -0.336 e. The summed E-state index contributed by atoms with van der Waals surface area (Å²) >= 11 is 4.98. The lowest BCUT2D eigenvalue weighted by atomic mass is 9.86. The number of aromatic nitrogens is 2. The number of thioether (sulfide) groups is 2. The van der Waals surface area contributed by atoms with E-state index in [9.17, 15) is 4.79 Å². The molecule has 1 heterocycles. The summed E-state index contributed by atoms with van der Waals surface area (Å²) in [4.78, 5) is 15.1. The highest BCUT2D eigenvalue weighted by molar-refractivity contribution is 8.03. The highest BCUT2D eigenvalue weighted by Gasteiger charge is 2.38. The predicted octanol–water partition coefficient (Wildman–Crippen LogP) is 5.09. The zero-order chi connectivity index (χ0) is 17.6. The Bertz CT molecular complexity index is 554. The summed E-state index contributed by atoms with van der Waals surface area (Å²) < 4.78 is 1.96. The summed E-state index contributed by atoms with van der Waals surface area (Å²) in [7, 11) is 0. The van der Waals surface area contributed by atoms with E-state index in [-0.39, 0.29) is 0 Å². The minimum absolute atomic E-state index is 0.308. The fourth-order valence-corrected chi connectivity index (χ4v) is 6.44. The van der Waals surface area contributed by atoms with Gasteiger partial charge in [0.1, 0.15) is 0 Å². The molecule has 7 heteroatoms. The number of rotatable bonds is 9. The molecule has 0 bridgehead atoms. The molecule has 0 atom stereocenters. The number of carbonyl (C=O) groups is 1. The molecule has 1 aromatic heterocycles. The molecule has 0 aliphatic heterocycles. The summed E-state index contributed by atoms with van der Waals surface area (Å²) in [6.45, 7) is 4.53. The second-order valence-electron chi connectivity index (χ2n) is 7.27. The second-order valence-corrected chi connectivity index (χ2v) is 10.8. The van der Waals surface area contributed by atoms with Gasteiger partial charge >= 0.3 is 0 Å². The SMILES string of the molecule is CCCCSc1nnc(SCC(=O)N(C2CCC(C)CC2)C2CC2)s1. The maximum atomic E-state index is 12.9. The highest BCUT2D eigenvalue weighted by atomic mass is 32.2. The molecule has 2 aliphatic carbocycles. The first-order valence-corrected chi connectivity index (χ1v) is 12.4. The molecule has 25 heavy (non-hydrogen) atoms. The molecule has 0 spiro atoms. The molecule has 0 radical (unpaired) electrons. The van der Waals surface area contributed by atoms with Gasteiger partial charge in [-0.15, -0.1) is 10.2 Å². The number of amides is 1. The van der Waals surface area contributed by atoms with Crippen molar-refractivity contribution in [1.29, 1.82) is 0 Å². The van der Waals surface area contributed by atoms with Gasteiger partial charge in [-0.25, -0.2) is 0 Å². The Balaban J connectivity index is 1.48. The number of hydrogen-bond donors (Lipinski definition) is 0. The zero-order valence-corrected chi connectivity index (χ0v) is 17.7. The molecule has 4 nitrogen and oxygen atoms in total. The van der Waals surface area contributed by atoms with Crippen molar-refractivity contribution in [2.45, 2.75) is 86.0 Å². The second kappa shape index (κ2) is 9.60. The Morgan fingerprint density at radius 1 is 1.08 bits per heavy atom. The Kier molecular flexibility index (Phi) is 7.49. The van der Waals surface area contributed by atoms with Gasteiger partial charge < -0.3 is 4.90 Å². The van der Waals surface area contributed by atoms with E-state index in [2.05, 4.69) is 28.9 Å². The van der Waals surface area contributed by atoms with E-state index in [4.69, 9.17) is 0 Å². The van der Waals surface area contributed by atoms with E-state index in [0.717, 1.165) is 20.4 Å². The average molecular weight is 400 g/mol. The smallest absolute Gasteiger partial charge is 0.233 e. The van der Waals surface area contributed by atoms with Gasteiger partial charge in [-0.05, 0) is 50.9 Å². The van der Waals surface area contributed by atoms with Crippen molar-refractivity contribution in [1.82, 2.24) is 15.1 Å². The molecule has 140 valence electrons. The maximum absolute atomic E-state index is 12.9. The van der Waals surface area contributed by atoms with E-state index < -0.39 is 0 Å². The van der Waals surface area contributed by atoms with Crippen molar-refractivity contribution in [3.8, 4) is 0 Å². The van der Waals surface area contributed by atoms with Crippen LogP contribution < -0.4 is 0 Å². The van der Waals surface area contributed by atoms with Gasteiger partial charge in [0.15, 0.2) is 8.68 Å². The van der Waals surface area contributed by atoms with Gasteiger partial charge in [-0.1, -0.05) is 55.1 Å². The van der Waals surface area contributed by atoms with Gasteiger partial charge in [0.05, 0.1) is 5.75 Å². The van der Waals surface area contributed by atoms with Crippen LogP contribution >= 0.6 is 34.9 Å². The van der Waals surface area contributed by atoms with E-state index in [1.165, 1.54) is 51.4 Å². The Morgan fingerprint density at radius 2 is 1.68 bits per heavy atom. The van der Waals surface area contributed by atoms with Crippen LogP contribution in [0.5, 0.6) is 0 Å². The molecule has 1 amide bonds. The molecule has 2 fully saturated rings. The van der Waals surface area contributed by atoms with Crippen LogP contribution in [0.15, 0.2) is 8.68 Å². The molecule has 2 aliphatic rings.